The Balaban J connectivity index is 2.12. The van der Waals surface area contributed by atoms with E-state index in [9.17, 15) is 9.59 Å². The summed E-state index contributed by atoms with van der Waals surface area (Å²) in [4.78, 5) is 23.2. The van der Waals surface area contributed by atoms with Crippen LogP contribution in [0.15, 0.2) is 36.4 Å². The van der Waals surface area contributed by atoms with Gasteiger partial charge in [0.05, 0.1) is 12.1 Å². The Morgan fingerprint density at radius 3 is 2.44 bits per heavy atom. The van der Waals surface area contributed by atoms with Crippen LogP contribution in [0.25, 0.3) is 0 Å². The van der Waals surface area contributed by atoms with Gasteiger partial charge in [-0.2, -0.15) is 0 Å². The summed E-state index contributed by atoms with van der Waals surface area (Å²) in [5.74, 6) is -0.609. The highest BCUT2D eigenvalue weighted by molar-refractivity contribution is 6.32. The minimum Gasteiger partial charge on any atom is -0.493 e. The number of amides is 2. The predicted molar refractivity (Wildman–Crippen MR) is 95.3 cm³/mol. The van der Waals surface area contributed by atoms with Gasteiger partial charge < -0.3 is 20.5 Å². The Bertz CT molecular complexity index is 779. The van der Waals surface area contributed by atoms with Gasteiger partial charge in [-0.15, -0.1) is 0 Å². The molecule has 0 aromatic heterocycles. The largest absolute Gasteiger partial charge is 0.493 e. The molecule has 2 rings (SSSR count). The van der Waals surface area contributed by atoms with Crippen molar-refractivity contribution in [2.45, 2.75) is 6.54 Å². The molecular formula is C17H16Cl2N2O4. The number of methoxy groups -OCH3 is 1. The maximum Gasteiger partial charge on any atom is 0.255 e. The van der Waals surface area contributed by atoms with E-state index in [0.717, 1.165) is 5.56 Å². The van der Waals surface area contributed by atoms with Crippen molar-refractivity contribution in [2.75, 3.05) is 13.7 Å². The summed E-state index contributed by atoms with van der Waals surface area (Å²) in [7, 11) is 1.40. The van der Waals surface area contributed by atoms with Crippen LogP contribution in [0.4, 0.5) is 0 Å². The maximum atomic E-state index is 12.3. The van der Waals surface area contributed by atoms with Gasteiger partial charge in [-0.3, -0.25) is 9.59 Å². The van der Waals surface area contributed by atoms with Crippen molar-refractivity contribution in [1.29, 1.82) is 0 Å². The third-order valence-corrected chi connectivity index (χ3v) is 3.75. The lowest BCUT2D eigenvalue weighted by molar-refractivity contribution is -0.119. The number of benzene rings is 2. The quantitative estimate of drug-likeness (QED) is 0.769. The van der Waals surface area contributed by atoms with Gasteiger partial charge in [-0.1, -0.05) is 35.3 Å². The standard InChI is InChI=1S/C17H16Cl2N2O4/c1-24-14-7-11(6-13(19)16(14)25-9-15(20)22)17(23)21-8-10-2-4-12(18)5-3-10/h2-7H,8-9H2,1H3,(H2,20,22)(H,21,23). The van der Waals surface area contributed by atoms with Gasteiger partial charge in [-0.25, -0.2) is 0 Å². The second kappa shape index (κ2) is 8.60. The molecule has 2 aromatic carbocycles. The zero-order chi connectivity index (χ0) is 18.4. The number of nitrogens with two attached hydrogens (primary N) is 1. The number of halogens is 2. The van der Waals surface area contributed by atoms with Gasteiger partial charge in [0.25, 0.3) is 11.8 Å². The minimum atomic E-state index is -0.650. The van der Waals surface area contributed by atoms with E-state index in [0.29, 0.717) is 17.1 Å². The number of hydrogen-bond acceptors (Lipinski definition) is 4. The van der Waals surface area contributed by atoms with E-state index in [1.807, 2.05) is 12.1 Å². The zero-order valence-electron chi connectivity index (χ0n) is 13.3. The topological polar surface area (TPSA) is 90.7 Å². The molecule has 0 fully saturated rings. The van der Waals surface area contributed by atoms with Gasteiger partial charge in [0.2, 0.25) is 0 Å². The first-order valence-electron chi connectivity index (χ1n) is 7.22. The van der Waals surface area contributed by atoms with Crippen LogP contribution in [0.2, 0.25) is 10.0 Å². The van der Waals surface area contributed by atoms with Crippen molar-refractivity contribution in [3.63, 3.8) is 0 Å². The number of ether oxygens (including phenoxy) is 2. The molecule has 2 aromatic rings. The van der Waals surface area contributed by atoms with Gasteiger partial charge in [0.15, 0.2) is 18.1 Å². The highest BCUT2D eigenvalue weighted by Gasteiger charge is 2.16. The lowest BCUT2D eigenvalue weighted by atomic mass is 10.1. The summed E-state index contributed by atoms with van der Waals surface area (Å²) in [5.41, 5.74) is 6.24. The summed E-state index contributed by atoms with van der Waals surface area (Å²) in [6.45, 7) is -0.0198. The van der Waals surface area contributed by atoms with E-state index >= 15 is 0 Å². The Hall–Kier alpha value is -2.44. The van der Waals surface area contributed by atoms with Crippen LogP contribution in [0.3, 0.4) is 0 Å². The third-order valence-electron chi connectivity index (χ3n) is 3.22. The van der Waals surface area contributed by atoms with Gasteiger partial charge in [-0.05, 0) is 29.8 Å². The Morgan fingerprint density at radius 2 is 1.84 bits per heavy atom. The Morgan fingerprint density at radius 1 is 1.16 bits per heavy atom. The van der Waals surface area contributed by atoms with Gasteiger partial charge in [0.1, 0.15) is 0 Å². The molecule has 0 atom stereocenters. The average Bonchev–Trinajstić information content (AvgIpc) is 2.59. The van der Waals surface area contributed by atoms with Gasteiger partial charge >= 0.3 is 0 Å². The highest BCUT2D eigenvalue weighted by Crippen LogP contribution is 2.36. The summed E-state index contributed by atoms with van der Waals surface area (Å²) in [5, 5.41) is 3.53. The lowest BCUT2D eigenvalue weighted by Gasteiger charge is -2.13. The summed E-state index contributed by atoms with van der Waals surface area (Å²) in [6.07, 6.45) is 0. The van der Waals surface area contributed by atoms with Crippen molar-refractivity contribution in [3.05, 3.63) is 57.6 Å². The normalized spacial score (nSPS) is 10.2. The fraction of sp³-hybridized carbons (Fsp3) is 0.176. The number of rotatable bonds is 7. The summed E-state index contributed by atoms with van der Waals surface area (Å²) < 4.78 is 10.4. The molecular weight excluding hydrogens is 367 g/mol. The number of carbonyl (C=O) groups excluding carboxylic acids is 2. The van der Waals surface area contributed by atoms with Crippen LogP contribution >= 0.6 is 23.2 Å². The number of nitrogens with one attached hydrogen (secondary N) is 1. The molecule has 0 radical (unpaired) electrons. The molecule has 0 saturated heterocycles. The average molecular weight is 383 g/mol. The number of primary amides is 1. The van der Waals surface area contributed by atoms with E-state index < -0.39 is 5.91 Å². The van der Waals surface area contributed by atoms with E-state index in [1.165, 1.54) is 19.2 Å². The first-order chi connectivity index (χ1) is 11.9. The predicted octanol–water partition coefficient (Wildman–Crippen LogP) is 2.80. The molecule has 8 heteroatoms. The fourth-order valence-electron chi connectivity index (χ4n) is 2.02. The second-order valence-corrected chi connectivity index (χ2v) is 5.90. The van der Waals surface area contributed by atoms with Crippen molar-refractivity contribution in [3.8, 4) is 11.5 Å². The number of hydrogen-bond donors (Lipinski definition) is 2. The third kappa shape index (κ3) is 5.27. The molecule has 6 nitrogen and oxygen atoms in total. The summed E-state index contributed by atoms with van der Waals surface area (Å²) >= 11 is 11.9. The molecule has 0 bridgehead atoms. The summed E-state index contributed by atoms with van der Waals surface area (Å²) in [6, 6.07) is 10.0. The molecule has 0 aliphatic rings. The molecule has 0 spiro atoms. The van der Waals surface area contributed by atoms with Crippen LogP contribution in [-0.4, -0.2) is 25.5 Å². The fourth-order valence-corrected chi connectivity index (χ4v) is 2.41. The molecule has 0 saturated carbocycles. The van der Waals surface area contributed by atoms with E-state index in [-0.39, 0.29) is 29.0 Å². The molecule has 0 unspecified atom stereocenters. The molecule has 0 aliphatic heterocycles. The highest BCUT2D eigenvalue weighted by atomic mass is 35.5. The number of carbonyl (C=O) groups is 2. The van der Waals surface area contributed by atoms with Crippen molar-refractivity contribution in [2.24, 2.45) is 5.73 Å². The van der Waals surface area contributed by atoms with E-state index in [1.54, 1.807) is 12.1 Å². The zero-order valence-corrected chi connectivity index (χ0v) is 14.9. The minimum absolute atomic E-state index is 0.136. The first kappa shape index (κ1) is 18.9. The molecule has 0 heterocycles. The van der Waals surface area contributed by atoms with Crippen LogP contribution in [-0.2, 0) is 11.3 Å². The molecule has 2 amide bonds. The molecule has 25 heavy (non-hydrogen) atoms. The van der Waals surface area contributed by atoms with Crippen molar-refractivity contribution in [1.82, 2.24) is 5.32 Å². The first-order valence-corrected chi connectivity index (χ1v) is 7.97. The van der Waals surface area contributed by atoms with Crippen molar-refractivity contribution >= 4 is 35.0 Å². The van der Waals surface area contributed by atoms with Gasteiger partial charge in [0, 0.05) is 17.1 Å². The maximum absolute atomic E-state index is 12.3. The van der Waals surface area contributed by atoms with Crippen LogP contribution in [0, 0.1) is 0 Å². The van der Waals surface area contributed by atoms with E-state index in [4.69, 9.17) is 38.4 Å². The molecule has 132 valence electrons. The van der Waals surface area contributed by atoms with Crippen LogP contribution in [0.1, 0.15) is 15.9 Å². The van der Waals surface area contributed by atoms with Crippen molar-refractivity contribution < 1.29 is 19.1 Å². The Labute approximate surface area is 154 Å². The SMILES string of the molecule is COc1cc(C(=O)NCc2ccc(Cl)cc2)cc(Cl)c1OCC(N)=O. The molecule has 0 aliphatic carbocycles. The van der Waals surface area contributed by atoms with Crippen LogP contribution < -0.4 is 20.5 Å². The van der Waals surface area contributed by atoms with Crippen LogP contribution in [0.5, 0.6) is 11.5 Å². The monoisotopic (exact) mass is 382 g/mol. The Kier molecular flexibility index (Phi) is 6.50. The second-order valence-electron chi connectivity index (χ2n) is 5.05. The smallest absolute Gasteiger partial charge is 0.255 e. The molecule has 3 N–H and O–H groups in total. The lowest BCUT2D eigenvalue weighted by Crippen LogP contribution is -2.23. The van der Waals surface area contributed by atoms with E-state index in [2.05, 4.69) is 5.32 Å².